The molecule has 2 heterocycles. The third-order valence-corrected chi connectivity index (χ3v) is 5.18. The number of halogens is 2. The van der Waals surface area contributed by atoms with Crippen LogP contribution in [0, 0.1) is 6.92 Å². The zero-order chi connectivity index (χ0) is 18.8. The van der Waals surface area contributed by atoms with Gasteiger partial charge in [0.2, 0.25) is 0 Å². The van der Waals surface area contributed by atoms with E-state index in [9.17, 15) is 9.59 Å². The second-order valence-electron chi connectivity index (χ2n) is 5.32. The molecule has 0 atom stereocenters. The SMILES string of the molecule is CCOC(=O)c1c(=O)cccc(Cl)nc(C)n2c1sc1ccc(Cl)cc12. The molecule has 0 unspecified atom stereocenters. The number of hydrogen-bond acceptors (Lipinski definition) is 5. The zero-order valence-electron chi connectivity index (χ0n) is 14.0. The Morgan fingerprint density at radius 1 is 1.27 bits per heavy atom. The summed E-state index contributed by atoms with van der Waals surface area (Å²) in [4.78, 5) is 30.0. The molecule has 0 fully saturated rings. The van der Waals surface area contributed by atoms with Gasteiger partial charge in [-0.15, -0.1) is 11.3 Å². The van der Waals surface area contributed by atoms with Crippen molar-refractivity contribution in [2.75, 3.05) is 6.61 Å². The first kappa shape index (κ1) is 18.6. The van der Waals surface area contributed by atoms with Crippen molar-refractivity contribution in [3.63, 3.8) is 0 Å². The standard InChI is InChI=1S/C18H14Cl2N2O3S/c1-3-25-18(24)16-13(23)5-4-6-15(20)21-10(2)22-12-9-11(19)7-8-14(12)26-17(16)22/h4-9H,3H2,1-2H3. The molecule has 1 aromatic carbocycles. The van der Waals surface area contributed by atoms with E-state index in [4.69, 9.17) is 27.9 Å². The number of hydrogen-bond donors (Lipinski definition) is 0. The molecule has 0 saturated heterocycles. The summed E-state index contributed by atoms with van der Waals surface area (Å²) in [6, 6.07) is 9.54. The van der Waals surface area contributed by atoms with Crippen LogP contribution >= 0.6 is 34.5 Å². The molecule has 0 amide bonds. The van der Waals surface area contributed by atoms with Gasteiger partial charge in [-0.05, 0) is 44.2 Å². The lowest BCUT2D eigenvalue weighted by Gasteiger charge is -2.03. The first-order chi connectivity index (χ1) is 12.4. The van der Waals surface area contributed by atoms with Crippen LogP contribution in [0.2, 0.25) is 10.2 Å². The third kappa shape index (κ3) is 3.53. The number of aromatic nitrogens is 2. The van der Waals surface area contributed by atoms with E-state index in [0.717, 1.165) is 10.2 Å². The first-order valence-electron chi connectivity index (χ1n) is 7.74. The van der Waals surface area contributed by atoms with E-state index in [1.54, 1.807) is 30.4 Å². The maximum atomic E-state index is 12.7. The van der Waals surface area contributed by atoms with E-state index in [2.05, 4.69) is 4.98 Å². The molecule has 3 rings (SSSR count). The van der Waals surface area contributed by atoms with Crippen LogP contribution in [-0.4, -0.2) is 22.0 Å². The summed E-state index contributed by atoms with van der Waals surface area (Å²) in [5.74, 6) is -0.184. The minimum atomic E-state index is -0.683. The van der Waals surface area contributed by atoms with E-state index in [1.807, 2.05) is 6.07 Å². The topological polar surface area (TPSA) is 60.7 Å². The number of rotatable bonds is 2. The number of aryl methyl sites for hydroxylation is 1. The van der Waals surface area contributed by atoms with Gasteiger partial charge in [0.15, 0.2) is 5.43 Å². The molecular formula is C18H14Cl2N2O3S. The Kier molecular flexibility index (Phi) is 5.46. The van der Waals surface area contributed by atoms with E-state index in [1.165, 1.54) is 29.5 Å². The van der Waals surface area contributed by atoms with Crippen LogP contribution in [-0.2, 0) is 4.74 Å². The highest BCUT2D eigenvalue weighted by Crippen LogP contribution is 2.30. The fourth-order valence-electron chi connectivity index (χ4n) is 2.53. The lowest BCUT2D eigenvalue weighted by atomic mass is 10.3. The highest BCUT2D eigenvalue weighted by atomic mass is 35.5. The Labute approximate surface area is 163 Å². The average Bonchev–Trinajstić information content (AvgIpc) is 2.92. The van der Waals surface area contributed by atoms with Crippen LogP contribution in [0.1, 0.15) is 23.1 Å². The monoisotopic (exact) mass is 408 g/mol. The molecule has 0 saturated carbocycles. The van der Waals surface area contributed by atoms with E-state index in [0.29, 0.717) is 15.7 Å². The number of carbonyl (C=O) groups excluding carboxylic acids is 1. The molecule has 134 valence electrons. The smallest absolute Gasteiger partial charge is 0.345 e. The van der Waals surface area contributed by atoms with Crippen LogP contribution in [0.3, 0.4) is 0 Å². The van der Waals surface area contributed by atoms with Crippen LogP contribution in [0.25, 0.3) is 15.0 Å². The third-order valence-electron chi connectivity index (χ3n) is 3.59. The molecule has 3 aromatic rings. The molecule has 0 spiro atoms. The van der Waals surface area contributed by atoms with Crippen molar-refractivity contribution in [1.29, 1.82) is 0 Å². The van der Waals surface area contributed by atoms with E-state index >= 15 is 0 Å². The Hall–Kier alpha value is -2.15. The maximum Gasteiger partial charge on any atom is 0.345 e. The van der Waals surface area contributed by atoms with Crippen molar-refractivity contribution >= 4 is 55.6 Å². The fraction of sp³-hybridized carbons (Fsp3) is 0.167. The number of carbonyl (C=O) groups is 1. The van der Waals surface area contributed by atoms with Gasteiger partial charge in [-0.25, -0.2) is 9.78 Å². The predicted octanol–water partition coefficient (Wildman–Crippen LogP) is 4.83. The number of ether oxygens (including phenoxy) is 1. The molecule has 0 aliphatic heterocycles. The molecule has 5 nitrogen and oxygen atoms in total. The summed E-state index contributed by atoms with van der Waals surface area (Å²) in [6.45, 7) is 3.59. The van der Waals surface area contributed by atoms with E-state index < -0.39 is 11.4 Å². The second kappa shape index (κ2) is 7.61. The summed E-state index contributed by atoms with van der Waals surface area (Å²) in [7, 11) is 0. The minimum absolute atomic E-state index is 0.0543. The predicted molar refractivity (Wildman–Crippen MR) is 105 cm³/mol. The number of esters is 1. The van der Waals surface area contributed by atoms with Crippen molar-refractivity contribution < 1.29 is 9.53 Å². The number of thiazole rings is 1. The van der Waals surface area contributed by atoms with Crippen LogP contribution in [0.15, 0.2) is 41.2 Å². The quantitative estimate of drug-likeness (QED) is 0.569. The lowest BCUT2D eigenvalue weighted by molar-refractivity contribution is 0.0527. The average molecular weight is 409 g/mol. The van der Waals surface area contributed by atoms with Gasteiger partial charge in [-0.3, -0.25) is 9.20 Å². The zero-order valence-corrected chi connectivity index (χ0v) is 16.3. The van der Waals surface area contributed by atoms with Gasteiger partial charge in [0.1, 0.15) is 21.4 Å². The Bertz CT molecular complexity index is 1140. The first-order valence-corrected chi connectivity index (χ1v) is 9.32. The van der Waals surface area contributed by atoms with Gasteiger partial charge in [0.05, 0.1) is 16.8 Å². The molecule has 0 aliphatic rings. The molecule has 0 bridgehead atoms. The van der Waals surface area contributed by atoms with Crippen LogP contribution in [0.5, 0.6) is 0 Å². The fourth-order valence-corrected chi connectivity index (χ4v) is 4.10. The lowest BCUT2D eigenvalue weighted by Crippen LogP contribution is -2.16. The Morgan fingerprint density at radius 3 is 2.77 bits per heavy atom. The normalized spacial score (nSPS) is 10.8. The van der Waals surface area contributed by atoms with Gasteiger partial charge >= 0.3 is 5.97 Å². The molecule has 2 aromatic heterocycles. The van der Waals surface area contributed by atoms with Crippen molar-refractivity contribution in [2.45, 2.75) is 13.8 Å². The molecular weight excluding hydrogens is 395 g/mol. The van der Waals surface area contributed by atoms with Gasteiger partial charge < -0.3 is 4.74 Å². The second-order valence-corrected chi connectivity index (χ2v) is 7.18. The summed E-state index contributed by atoms with van der Waals surface area (Å²) in [5.41, 5.74) is 0.203. The minimum Gasteiger partial charge on any atom is -0.462 e. The maximum absolute atomic E-state index is 12.7. The van der Waals surface area contributed by atoms with Crippen molar-refractivity contribution in [1.82, 2.24) is 9.38 Å². The number of nitrogens with zero attached hydrogens (tertiary/aromatic N) is 2. The van der Waals surface area contributed by atoms with Gasteiger partial charge in [-0.1, -0.05) is 29.3 Å². The summed E-state index contributed by atoms with van der Waals surface area (Å²) in [6.07, 6.45) is 0. The molecule has 26 heavy (non-hydrogen) atoms. The summed E-state index contributed by atoms with van der Waals surface area (Å²) >= 11 is 13.5. The summed E-state index contributed by atoms with van der Waals surface area (Å²) < 4.78 is 7.65. The summed E-state index contributed by atoms with van der Waals surface area (Å²) in [5, 5.41) is 0.743. The molecule has 0 N–H and O–H groups in total. The van der Waals surface area contributed by atoms with Crippen molar-refractivity contribution in [3.05, 3.63) is 68.2 Å². The number of benzene rings is 1. The van der Waals surface area contributed by atoms with Gasteiger partial charge in [-0.2, -0.15) is 0 Å². The Morgan fingerprint density at radius 2 is 2.04 bits per heavy atom. The molecule has 0 radical (unpaired) electrons. The molecule has 8 heteroatoms. The Balaban J connectivity index is 2.64. The highest BCUT2D eigenvalue weighted by Gasteiger charge is 2.18. The largest absolute Gasteiger partial charge is 0.462 e. The van der Waals surface area contributed by atoms with E-state index in [-0.39, 0.29) is 17.3 Å². The van der Waals surface area contributed by atoms with Crippen LogP contribution in [0.4, 0.5) is 0 Å². The van der Waals surface area contributed by atoms with Crippen LogP contribution < -0.4 is 5.43 Å². The van der Waals surface area contributed by atoms with Gasteiger partial charge in [0, 0.05) is 5.02 Å². The van der Waals surface area contributed by atoms with Crippen molar-refractivity contribution in [2.24, 2.45) is 0 Å². The van der Waals surface area contributed by atoms with Crippen molar-refractivity contribution in [3.8, 4) is 0 Å². The number of fused-ring (bicyclic) bond motifs is 3. The van der Waals surface area contributed by atoms with Gasteiger partial charge in [0.25, 0.3) is 0 Å². The molecule has 0 aliphatic carbocycles. The highest BCUT2D eigenvalue weighted by molar-refractivity contribution is 7.24.